The summed E-state index contributed by atoms with van der Waals surface area (Å²) in [6.07, 6.45) is 1.37. The molecule has 1 N–H and O–H groups in total. The molecule has 0 radical (unpaired) electrons. The van der Waals surface area contributed by atoms with Gasteiger partial charge in [-0.1, -0.05) is 23.2 Å². The van der Waals surface area contributed by atoms with Crippen LogP contribution in [0.1, 0.15) is 0 Å². The Hall–Kier alpha value is -0.840. The van der Waals surface area contributed by atoms with E-state index >= 15 is 0 Å². The molecule has 0 spiro atoms. The van der Waals surface area contributed by atoms with Crippen molar-refractivity contribution < 1.29 is 4.39 Å². The highest BCUT2D eigenvalue weighted by molar-refractivity contribution is 9.10. The van der Waals surface area contributed by atoms with Gasteiger partial charge in [0.15, 0.2) is 11.6 Å². The van der Waals surface area contributed by atoms with Gasteiger partial charge in [-0.2, -0.15) is 0 Å². The molecule has 0 aliphatic carbocycles. The fourth-order valence-electron chi connectivity index (χ4n) is 1.22. The molecular weight excluding hydrogens is 330 g/mol. The summed E-state index contributed by atoms with van der Waals surface area (Å²) in [6.45, 7) is 0. The van der Waals surface area contributed by atoms with Crippen molar-refractivity contribution in [3.63, 3.8) is 0 Å². The number of rotatable bonds is 2. The number of aromatic nitrogens is 1. The van der Waals surface area contributed by atoms with Crippen LogP contribution in [-0.4, -0.2) is 4.98 Å². The lowest BCUT2D eigenvalue weighted by molar-refractivity contribution is 0.626. The van der Waals surface area contributed by atoms with Gasteiger partial charge in [-0.15, -0.1) is 0 Å². The highest BCUT2D eigenvalue weighted by atomic mass is 79.9. The minimum Gasteiger partial charge on any atom is -0.337 e. The molecule has 0 amide bonds. The zero-order valence-corrected chi connectivity index (χ0v) is 11.4. The molecule has 0 fully saturated rings. The topological polar surface area (TPSA) is 24.9 Å². The Bertz CT molecular complexity index is 514. The molecule has 88 valence electrons. The van der Waals surface area contributed by atoms with E-state index in [4.69, 9.17) is 23.2 Å². The minimum atomic E-state index is -0.514. The molecule has 6 heteroatoms. The molecule has 2 rings (SSSR count). The van der Waals surface area contributed by atoms with Crippen molar-refractivity contribution in [3.05, 3.63) is 50.8 Å². The molecule has 0 unspecified atom stereocenters. The summed E-state index contributed by atoms with van der Waals surface area (Å²) in [7, 11) is 0. The highest BCUT2D eigenvalue weighted by Gasteiger charge is 2.07. The monoisotopic (exact) mass is 334 g/mol. The van der Waals surface area contributed by atoms with Crippen LogP contribution in [0.3, 0.4) is 0 Å². The fourth-order valence-corrected chi connectivity index (χ4v) is 2.15. The van der Waals surface area contributed by atoms with Gasteiger partial charge in [-0.3, -0.25) is 0 Å². The lowest BCUT2D eigenvalue weighted by Crippen LogP contribution is -1.97. The largest absolute Gasteiger partial charge is 0.337 e. The van der Waals surface area contributed by atoms with E-state index in [2.05, 4.69) is 26.2 Å². The van der Waals surface area contributed by atoms with Crippen LogP contribution in [0.15, 0.2) is 34.9 Å². The Morgan fingerprint density at radius 3 is 2.59 bits per heavy atom. The van der Waals surface area contributed by atoms with Crippen molar-refractivity contribution in [1.29, 1.82) is 0 Å². The first-order valence-electron chi connectivity index (χ1n) is 4.59. The summed E-state index contributed by atoms with van der Waals surface area (Å²) in [5.41, 5.74) is 0.670. The summed E-state index contributed by atoms with van der Waals surface area (Å²) in [5.74, 6) is -0.406. The molecule has 0 aliphatic heterocycles. The van der Waals surface area contributed by atoms with Gasteiger partial charge in [-0.05, 0) is 40.2 Å². The molecule has 2 nitrogen and oxygen atoms in total. The van der Waals surface area contributed by atoms with Crippen molar-refractivity contribution in [2.75, 3.05) is 5.32 Å². The number of benzene rings is 1. The maximum atomic E-state index is 13.5. The van der Waals surface area contributed by atoms with E-state index < -0.39 is 5.82 Å². The van der Waals surface area contributed by atoms with E-state index in [-0.39, 0.29) is 10.8 Å². The molecule has 1 heterocycles. The minimum absolute atomic E-state index is 0.109. The third-order valence-electron chi connectivity index (χ3n) is 1.99. The van der Waals surface area contributed by atoms with Crippen LogP contribution in [-0.2, 0) is 0 Å². The number of hydrogen-bond acceptors (Lipinski definition) is 2. The third-order valence-corrected chi connectivity index (χ3v) is 3.09. The van der Waals surface area contributed by atoms with E-state index in [9.17, 15) is 4.39 Å². The predicted molar refractivity (Wildman–Crippen MR) is 71.6 cm³/mol. The molecule has 0 bridgehead atoms. The fraction of sp³-hybridized carbons (Fsp3) is 0. The van der Waals surface area contributed by atoms with Gasteiger partial charge < -0.3 is 5.32 Å². The summed E-state index contributed by atoms with van der Waals surface area (Å²) < 4.78 is 14.2. The van der Waals surface area contributed by atoms with Crippen LogP contribution in [0.5, 0.6) is 0 Å². The maximum absolute atomic E-state index is 13.5. The standard InChI is InChI=1S/C11H6BrCl2FN2/c12-8-3-6(13)1-2-10(8)17-11-9(15)4-7(14)5-16-11/h1-5H,(H,16,17). The molecule has 2 aromatic rings. The maximum Gasteiger partial charge on any atom is 0.167 e. The van der Waals surface area contributed by atoms with Crippen LogP contribution in [0.2, 0.25) is 10.0 Å². The van der Waals surface area contributed by atoms with E-state index in [1.165, 1.54) is 12.3 Å². The van der Waals surface area contributed by atoms with Crippen LogP contribution in [0, 0.1) is 5.82 Å². The normalized spacial score (nSPS) is 10.4. The first kappa shape index (κ1) is 12.6. The van der Waals surface area contributed by atoms with Crippen molar-refractivity contribution in [1.82, 2.24) is 4.98 Å². The van der Waals surface area contributed by atoms with Gasteiger partial charge in [0, 0.05) is 15.7 Å². The lowest BCUT2D eigenvalue weighted by atomic mass is 10.3. The number of anilines is 2. The summed E-state index contributed by atoms with van der Waals surface area (Å²) in [5, 5.41) is 3.69. The Kier molecular flexibility index (Phi) is 3.86. The lowest BCUT2D eigenvalue weighted by Gasteiger charge is -2.08. The highest BCUT2D eigenvalue weighted by Crippen LogP contribution is 2.29. The van der Waals surface area contributed by atoms with E-state index in [0.717, 1.165) is 4.47 Å². The molecule has 0 aliphatic rings. The molecule has 0 saturated carbocycles. The second-order valence-corrected chi connectivity index (χ2v) is 4.96. The predicted octanol–water partition coefficient (Wildman–Crippen LogP) is 5.03. The van der Waals surface area contributed by atoms with Crippen molar-refractivity contribution in [3.8, 4) is 0 Å². The van der Waals surface area contributed by atoms with Crippen LogP contribution in [0.25, 0.3) is 0 Å². The van der Waals surface area contributed by atoms with Gasteiger partial charge in [-0.25, -0.2) is 9.37 Å². The number of pyridine rings is 1. The van der Waals surface area contributed by atoms with Gasteiger partial charge in [0.25, 0.3) is 0 Å². The smallest absolute Gasteiger partial charge is 0.167 e. The average molecular weight is 336 g/mol. The van der Waals surface area contributed by atoms with Gasteiger partial charge in [0.2, 0.25) is 0 Å². The third kappa shape index (κ3) is 3.09. The molecule has 0 saturated heterocycles. The first-order valence-corrected chi connectivity index (χ1v) is 6.14. The summed E-state index contributed by atoms with van der Waals surface area (Å²) >= 11 is 14.7. The molecule has 1 aromatic carbocycles. The van der Waals surface area contributed by atoms with Crippen LogP contribution < -0.4 is 5.32 Å². The van der Waals surface area contributed by atoms with Crippen molar-refractivity contribution in [2.24, 2.45) is 0 Å². The number of halogens is 4. The quantitative estimate of drug-likeness (QED) is 0.832. The Morgan fingerprint density at radius 1 is 1.18 bits per heavy atom. The molecule has 17 heavy (non-hydrogen) atoms. The Balaban J connectivity index is 2.31. The zero-order chi connectivity index (χ0) is 12.4. The molecule has 0 atom stereocenters. The number of nitrogens with one attached hydrogen (secondary N) is 1. The number of hydrogen-bond donors (Lipinski definition) is 1. The van der Waals surface area contributed by atoms with E-state index in [1.54, 1.807) is 18.2 Å². The van der Waals surface area contributed by atoms with Gasteiger partial charge >= 0.3 is 0 Å². The van der Waals surface area contributed by atoms with Crippen molar-refractivity contribution >= 4 is 50.6 Å². The average Bonchev–Trinajstić information content (AvgIpc) is 2.25. The summed E-state index contributed by atoms with van der Waals surface area (Å²) in [4.78, 5) is 3.86. The van der Waals surface area contributed by atoms with Crippen LogP contribution >= 0.6 is 39.1 Å². The van der Waals surface area contributed by atoms with Crippen molar-refractivity contribution in [2.45, 2.75) is 0 Å². The molecular formula is C11H6BrCl2FN2. The van der Waals surface area contributed by atoms with Gasteiger partial charge in [0.1, 0.15) is 0 Å². The van der Waals surface area contributed by atoms with E-state index in [1.807, 2.05) is 0 Å². The zero-order valence-electron chi connectivity index (χ0n) is 8.35. The first-order chi connectivity index (χ1) is 8.06. The number of nitrogens with zero attached hydrogens (tertiary/aromatic N) is 1. The van der Waals surface area contributed by atoms with Crippen LogP contribution in [0.4, 0.5) is 15.9 Å². The molecule has 1 aromatic heterocycles. The second-order valence-electron chi connectivity index (χ2n) is 3.23. The van der Waals surface area contributed by atoms with Gasteiger partial charge in [0.05, 0.1) is 10.7 Å². The van der Waals surface area contributed by atoms with E-state index in [0.29, 0.717) is 10.7 Å². The Morgan fingerprint density at radius 2 is 1.94 bits per heavy atom. The second kappa shape index (κ2) is 5.21. The Labute approximate surface area is 116 Å². The summed E-state index contributed by atoms with van der Waals surface area (Å²) in [6, 6.07) is 6.32. The SMILES string of the molecule is Fc1cc(Cl)cnc1Nc1ccc(Cl)cc1Br.